The fraction of sp³-hybridized carbons (Fsp3) is 0.375. The number of hydrogen-bond donors (Lipinski definition) is 1. The number of halogens is 1. The first kappa shape index (κ1) is 28.6. The summed E-state index contributed by atoms with van der Waals surface area (Å²) in [5, 5.41) is 3.08. The second-order valence-electron chi connectivity index (χ2n) is 10.4. The maximum atomic E-state index is 13.8. The molecule has 3 rings (SSSR count). The first-order valence-electron chi connectivity index (χ1n) is 13.2. The molecule has 0 fully saturated rings. The van der Waals surface area contributed by atoms with Crippen LogP contribution in [0.2, 0.25) is 0 Å². The molecule has 0 aliphatic heterocycles. The van der Waals surface area contributed by atoms with Gasteiger partial charge in [0, 0.05) is 30.4 Å². The fourth-order valence-corrected chi connectivity index (χ4v) is 4.49. The van der Waals surface area contributed by atoms with Crippen molar-refractivity contribution >= 4 is 27.7 Å². The Morgan fingerprint density at radius 2 is 1.43 bits per heavy atom. The number of carbonyl (C=O) groups excluding carboxylic acids is 2. The number of amides is 2. The summed E-state index contributed by atoms with van der Waals surface area (Å²) in [5.74, 6) is 0.673. The second kappa shape index (κ2) is 14.1. The molecule has 0 radical (unpaired) electrons. The van der Waals surface area contributed by atoms with Gasteiger partial charge in [0.2, 0.25) is 11.8 Å². The highest BCUT2D eigenvalue weighted by atomic mass is 79.9. The van der Waals surface area contributed by atoms with E-state index in [-0.39, 0.29) is 11.8 Å². The van der Waals surface area contributed by atoms with Crippen molar-refractivity contribution in [2.75, 3.05) is 6.54 Å². The molecule has 37 heavy (non-hydrogen) atoms. The maximum Gasteiger partial charge on any atom is 0.243 e. The van der Waals surface area contributed by atoms with E-state index < -0.39 is 6.04 Å². The number of carbonyl (C=O) groups is 2. The molecule has 0 saturated heterocycles. The van der Waals surface area contributed by atoms with Crippen LogP contribution in [0.25, 0.3) is 0 Å². The summed E-state index contributed by atoms with van der Waals surface area (Å²) in [6.45, 7) is 9.45. The molecule has 196 valence electrons. The zero-order chi connectivity index (χ0) is 26.8. The van der Waals surface area contributed by atoms with Gasteiger partial charge < -0.3 is 10.2 Å². The van der Waals surface area contributed by atoms with Crippen LogP contribution >= 0.6 is 15.9 Å². The summed E-state index contributed by atoms with van der Waals surface area (Å²) >= 11 is 3.49. The Balaban J connectivity index is 1.86. The SMILES string of the molecule is CC(C)CNC(=O)[C@H](Cc1ccccc1)N(Cc1ccc(Br)cc1)C(=O)CCc1ccc(C(C)C)cc1. The smallest absolute Gasteiger partial charge is 0.243 e. The third-order valence-electron chi connectivity index (χ3n) is 6.50. The molecule has 2 amide bonds. The molecule has 0 spiro atoms. The lowest BCUT2D eigenvalue weighted by molar-refractivity contribution is -0.141. The Hall–Kier alpha value is -2.92. The minimum atomic E-state index is -0.597. The van der Waals surface area contributed by atoms with E-state index in [0.29, 0.717) is 44.2 Å². The lowest BCUT2D eigenvalue weighted by Crippen LogP contribution is -2.51. The van der Waals surface area contributed by atoms with E-state index in [2.05, 4.69) is 73.2 Å². The van der Waals surface area contributed by atoms with Crippen LogP contribution in [0, 0.1) is 5.92 Å². The van der Waals surface area contributed by atoms with Crippen molar-refractivity contribution < 1.29 is 9.59 Å². The third kappa shape index (κ3) is 9.15. The van der Waals surface area contributed by atoms with Gasteiger partial charge >= 0.3 is 0 Å². The van der Waals surface area contributed by atoms with Crippen molar-refractivity contribution in [3.8, 4) is 0 Å². The molecule has 0 bridgehead atoms. The standard InChI is InChI=1S/C32H39BrN2O2/c1-23(2)21-34-32(37)30(20-26-8-6-5-7-9-26)35(22-27-12-17-29(33)18-13-27)31(36)19-14-25-10-15-28(16-11-25)24(3)4/h5-13,15-18,23-24,30H,14,19-22H2,1-4H3,(H,34,37)/t30-/m0/s1. The van der Waals surface area contributed by atoms with Crippen LogP contribution < -0.4 is 5.32 Å². The predicted octanol–water partition coefficient (Wildman–Crippen LogP) is 6.92. The van der Waals surface area contributed by atoms with Crippen LogP contribution in [0.3, 0.4) is 0 Å². The molecule has 0 heterocycles. The molecule has 0 aliphatic carbocycles. The van der Waals surface area contributed by atoms with Crippen molar-refractivity contribution in [2.45, 2.75) is 65.5 Å². The summed E-state index contributed by atoms with van der Waals surface area (Å²) in [4.78, 5) is 29.1. The number of rotatable bonds is 12. The Kier molecular flexibility index (Phi) is 10.9. The first-order chi connectivity index (χ1) is 17.7. The molecular weight excluding hydrogens is 524 g/mol. The second-order valence-corrected chi connectivity index (χ2v) is 11.3. The van der Waals surface area contributed by atoms with E-state index in [4.69, 9.17) is 0 Å². The van der Waals surface area contributed by atoms with Crippen molar-refractivity contribution in [3.05, 3.63) is 106 Å². The van der Waals surface area contributed by atoms with E-state index in [1.165, 1.54) is 5.56 Å². The van der Waals surface area contributed by atoms with Crippen molar-refractivity contribution in [1.29, 1.82) is 0 Å². The number of nitrogens with zero attached hydrogens (tertiary/aromatic N) is 1. The summed E-state index contributed by atoms with van der Waals surface area (Å²) in [6.07, 6.45) is 1.45. The van der Waals surface area contributed by atoms with Gasteiger partial charge in [0.25, 0.3) is 0 Å². The molecule has 3 aromatic carbocycles. The lowest BCUT2D eigenvalue weighted by atomic mass is 9.99. The number of aryl methyl sites for hydroxylation is 1. The Bertz CT molecular complexity index is 1130. The van der Waals surface area contributed by atoms with Crippen LogP contribution in [0.5, 0.6) is 0 Å². The van der Waals surface area contributed by atoms with Gasteiger partial charge in [-0.05, 0) is 52.6 Å². The summed E-state index contributed by atoms with van der Waals surface area (Å²) in [5.41, 5.74) is 4.44. The zero-order valence-electron chi connectivity index (χ0n) is 22.4. The normalized spacial score (nSPS) is 12.0. The number of nitrogens with one attached hydrogen (secondary N) is 1. The van der Waals surface area contributed by atoms with E-state index >= 15 is 0 Å². The fourth-order valence-electron chi connectivity index (χ4n) is 4.23. The Morgan fingerprint density at radius 1 is 0.811 bits per heavy atom. The van der Waals surface area contributed by atoms with Gasteiger partial charge in [0.1, 0.15) is 6.04 Å². The molecule has 0 unspecified atom stereocenters. The van der Waals surface area contributed by atoms with E-state index in [1.54, 1.807) is 4.90 Å². The van der Waals surface area contributed by atoms with Gasteiger partial charge in [0.15, 0.2) is 0 Å². The largest absolute Gasteiger partial charge is 0.354 e. The molecule has 0 aromatic heterocycles. The third-order valence-corrected chi connectivity index (χ3v) is 7.02. The number of hydrogen-bond acceptors (Lipinski definition) is 2. The quantitative estimate of drug-likeness (QED) is 0.260. The molecule has 0 saturated carbocycles. The highest BCUT2D eigenvalue weighted by molar-refractivity contribution is 9.10. The topological polar surface area (TPSA) is 49.4 Å². The lowest BCUT2D eigenvalue weighted by Gasteiger charge is -2.32. The van der Waals surface area contributed by atoms with Gasteiger partial charge in [-0.25, -0.2) is 0 Å². The van der Waals surface area contributed by atoms with Crippen LogP contribution in [-0.2, 0) is 29.0 Å². The van der Waals surface area contributed by atoms with E-state index in [1.807, 2.05) is 54.6 Å². The van der Waals surface area contributed by atoms with Crippen LogP contribution in [0.15, 0.2) is 83.3 Å². The molecular formula is C32H39BrN2O2. The van der Waals surface area contributed by atoms with Gasteiger partial charge in [-0.15, -0.1) is 0 Å². The average Bonchev–Trinajstić information content (AvgIpc) is 2.89. The van der Waals surface area contributed by atoms with Crippen LogP contribution in [0.1, 0.15) is 62.3 Å². The van der Waals surface area contributed by atoms with Gasteiger partial charge in [0.05, 0.1) is 0 Å². The van der Waals surface area contributed by atoms with Gasteiger partial charge in [-0.2, -0.15) is 0 Å². The van der Waals surface area contributed by atoms with Crippen LogP contribution in [-0.4, -0.2) is 29.3 Å². The summed E-state index contributed by atoms with van der Waals surface area (Å²) < 4.78 is 0.981. The van der Waals surface area contributed by atoms with E-state index in [9.17, 15) is 9.59 Å². The van der Waals surface area contributed by atoms with E-state index in [0.717, 1.165) is 21.2 Å². The zero-order valence-corrected chi connectivity index (χ0v) is 24.0. The predicted molar refractivity (Wildman–Crippen MR) is 155 cm³/mol. The van der Waals surface area contributed by atoms with Crippen molar-refractivity contribution in [3.63, 3.8) is 0 Å². The maximum absolute atomic E-state index is 13.8. The molecule has 0 aliphatic rings. The minimum Gasteiger partial charge on any atom is -0.354 e. The summed E-state index contributed by atoms with van der Waals surface area (Å²) in [7, 11) is 0. The highest BCUT2D eigenvalue weighted by Crippen LogP contribution is 2.20. The molecule has 3 aromatic rings. The summed E-state index contributed by atoms with van der Waals surface area (Å²) in [6, 6.07) is 25.8. The highest BCUT2D eigenvalue weighted by Gasteiger charge is 2.30. The number of benzene rings is 3. The van der Waals surface area contributed by atoms with Crippen LogP contribution in [0.4, 0.5) is 0 Å². The monoisotopic (exact) mass is 562 g/mol. The van der Waals surface area contributed by atoms with Gasteiger partial charge in [-0.1, -0.05) is 110 Å². The Morgan fingerprint density at radius 3 is 2.03 bits per heavy atom. The molecule has 4 nitrogen and oxygen atoms in total. The molecule has 1 atom stereocenters. The molecule has 1 N–H and O–H groups in total. The van der Waals surface area contributed by atoms with Gasteiger partial charge in [-0.3, -0.25) is 9.59 Å². The Labute approximate surface area is 230 Å². The first-order valence-corrected chi connectivity index (χ1v) is 14.0. The molecule has 5 heteroatoms. The van der Waals surface area contributed by atoms with Crippen molar-refractivity contribution in [1.82, 2.24) is 10.2 Å². The average molecular weight is 564 g/mol. The van der Waals surface area contributed by atoms with Crippen molar-refractivity contribution in [2.24, 2.45) is 5.92 Å². The minimum absolute atomic E-state index is 0.0171.